The van der Waals surface area contributed by atoms with E-state index >= 15 is 0 Å². The molecule has 0 radical (unpaired) electrons. The molecule has 19 heavy (non-hydrogen) atoms. The van der Waals surface area contributed by atoms with Crippen LogP contribution in [0.2, 0.25) is 5.02 Å². The third-order valence-electron chi connectivity index (χ3n) is 3.29. The number of aromatic nitrogens is 1. The van der Waals surface area contributed by atoms with Crippen LogP contribution in [-0.4, -0.2) is 15.6 Å². The molecule has 1 N–H and O–H groups in total. The average Bonchev–Trinajstić information content (AvgIpc) is 2.37. The summed E-state index contributed by atoms with van der Waals surface area (Å²) in [5.74, 6) is -1.21. The molecule has 0 aliphatic carbocycles. The molecule has 2 rings (SSSR count). The van der Waals surface area contributed by atoms with E-state index in [4.69, 9.17) is 16.7 Å². The van der Waals surface area contributed by atoms with Crippen molar-refractivity contribution in [3.8, 4) is 0 Å². The molecule has 1 unspecified atom stereocenters. The van der Waals surface area contributed by atoms with Crippen LogP contribution >= 0.6 is 11.6 Å². The minimum Gasteiger partial charge on any atom is -0.477 e. The van der Waals surface area contributed by atoms with E-state index < -0.39 is 11.4 Å². The molecule has 0 amide bonds. The highest BCUT2D eigenvalue weighted by Crippen LogP contribution is 2.22. The lowest BCUT2D eigenvalue weighted by Crippen LogP contribution is -2.20. The first-order valence-electron chi connectivity index (χ1n) is 6.03. The van der Waals surface area contributed by atoms with Crippen molar-refractivity contribution in [2.75, 3.05) is 0 Å². The van der Waals surface area contributed by atoms with Crippen molar-refractivity contribution in [3.63, 3.8) is 0 Å². The number of rotatable bonds is 3. The van der Waals surface area contributed by atoms with Crippen LogP contribution in [0.5, 0.6) is 0 Å². The Balaban J connectivity index is 2.92. The molecule has 0 bridgehead atoms. The number of hydrogen-bond donors (Lipinski definition) is 1. The van der Waals surface area contributed by atoms with E-state index in [0.717, 1.165) is 6.42 Å². The first-order valence-corrected chi connectivity index (χ1v) is 6.41. The highest BCUT2D eigenvalue weighted by molar-refractivity contribution is 6.31. The molecule has 0 fully saturated rings. The van der Waals surface area contributed by atoms with E-state index in [1.807, 2.05) is 13.8 Å². The fourth-order valence-electron chi connectivity index (χ4n) is 2.04. The van der Waals surface area contributed by atoms with Crippen LogP contribution < -0.4 is 5.43 Å². The molecule has 0 aliphatic heterocycles. The Morgan fingerprint density at radius 3 is 2.74 bits per heavy atom. The number of benzene rings is 1. The van der Waals surface area contributed by atoms with Crippen molar-refractivity contribution >= 4 is 28.5 Å². The second-order valence-electron chi connectivity index (χ2n) is 4.50. The van der Waals surface area contributed by atoms with Crippen LogP contribution in [0.4, 0.5) is 0 Å². The van der Waals surface area contributed by atoms with Gasteiger partial charge in [-0.3, -0.25) is 4.79 Å². The van der Waals surface area contributed by atoms with Gasteiger partial charge in [0.15, 0.2) is 0 Å². The quantitative estimate of drug-likeness (QED) is 0.937. The van der Waals surface area contributed by atoms with Crippen LogP contribution in [0, 0.1) is 0 Å². The second-order valence-corrected chi connectivity index (χ2v) is 4.94. The van der Waals surface area contributed by atoms with E-state index in [2.05, 4.69) is 0 Å². The van der Waals surface area contributed by atoms with E-state index in [0.29, 0.717) is 15.9 Å². The molecular formula is C14H14ClNO3. The zero-order valence-electron chi connectivity index (χ0n) is 10.7. The molecule has 0 saturated heterocycles. The maximum absolute atomic E-state index is 12.1. The number of hydrogen-bond acceptors (Lipinski definition) is 2. The van der Waals surface area contributed by atoms with Gasteiger partial charge >= 0.3 is 5.97 Å². The number of aromatic carboxylic acids is 1. The highest BCUT2D eigenvalue weighted by Gasteiger charge is 2.16. The number of pyridine rings is 1. The summed E-state index contributed by atoms with van der Waals surface area (Å²) in [6.45, 7) is 3.97. The molecule has 1 aromatic carbocycles. The predicted octanol–water partition coefficient (Wildman–Crippen LogP) is 3.32. The molecule has 0 aliphatic rings. The summed E-state index contributed by atoms with van der Waals surface area (Å²) >= 11 is 5.96. The normalized spacial score (nSPS) is 12.6. The molecule has 0 saturated carbocycles. The number of halogens is 1. The van der Waals surface area contributed by atoms with Gasteiger partial charge in [0.05, 0.1) is 5.52 Å². The van der Waals surface area contributed by atoms with Gasteiger partial charge in [0.25, 0.3) is 0 Å². The summed E-state index contributed by atoms with van der Waals surface area (Å²) in [5.41, 5.74) is -0.0225. The standard InChI is InChI=1S/C14H14ClNO3/c1-3-8(2)16-7-11(14(18)19)13(17)10-5-4-9(15)6-12(10)16/h4-8H,3H2,1-2H3,(H,18,19). The summed E-state index contributed by atoms with van der Waals surface area (Å²) in [5, 5.41) is 10.0. The molecule has 5 heteroatoms. The zero-order chi connectivity index (χ0) is 14.2. The Morgan fingerprint density at radius 2 is 2.16 bits per heavy atom. The van der Waals surface area contributed by atoms with Gasteiger partial charge in [0, 0.05) is 22.6 Å². The van der Waals surface area contributed by atoms with Gasteiger partial charge in [-0.05, 0) is 31.5 Å². The summed E-state index contributed by atoms with van der Waals surface area (Å²) in [6.07, 6.45) is 2.22. The third kappa shape index (κ3) is 2.36. The van der Waals surface area contributed by atoms with Gasteiger partial charge in [0.1, 0.15) is 5.56 Å². The number of nitrogens with zero attached hydrogens (tertiary/aromatic N) is 1. The van der Waals surface area contributed by atoms with Crippen LogP contribution in [0.3, 0.4) is 0 Å². The van der Waals surface area contributed by atoms with Gasteiger partial charge in [0.2, 0.25) is 5.43 Å². The number of carboxylic acid groups (broad SMARTS) is 1. The predicted molar refractivity (Wildman–Crippen MR) is 75.2 cm³/mol. The number of fused-ring (bicyclic) bond motifs is 1. The van der Waals surface area contributed by atoms with Crippen LogP contribution in [0.15, 0.2) is 29.2 Å². The maximum atomic E-state index is 12.1. The first kappa shape index (κ1) is 13.6. The minimum absolute atomic E-state index is 0.0830. The molecule has 100 valence electrons. The van der Waals surface area contributed by atoms with Gasteiger partial charge in [-0.15, -0.1) is 0 Å². The van der Waals surface area contributed by atoms with Crippen LogP contribution in [0.25, 0.3) is 10.9 Å². The number of carboxylic acids is 1. The van der Waals surface area contributed by atoms with Crippen molar-refractivity contribution in [2.24, 2.45) is 0 Å². The first-order chi connectivity index (χ1) is 8.95. The van der Waals surface area contributed by atoms with Crippen LogP contribution in [-0.2, 0) is 0 Å². The molecule has 0 spiro atoms. The third-order valence-corrected chi connectivity index (χ3v) is 3.53. The van der Waals surface area contributed by atoms with Crippen molar-refractivity contribution in [1.29, 1.82) is 0 Å². The minimum atomic E-state index is -1.21. The summed E-state index contributed by atoms with van der Waals surface area (Å²) in [4.78, 5) is 23.3. The maximum Gasteiger partial charge on any atom is 0.341 e. The SMILES string of the molecule is CCC(C)n1cc(C(=O)O)c(=O)c2ccc(Cl)cc21. The Hall–Kier alpha value is -1.81. The van der Waals surface area contributed by atoms with Crippen molar-refractivity contribution < 1.29 is 9.90 Å². The number of carbonyl (C=O) groups is 1. The highest BCUT2D eigenvalue weighted by atomic mass is 35.5. The molecule has 2 aromatic rings. The fraction of sp³-hybridized carbons (Fsp3) is 0.286. The van der Waals surface area contributed by atoms with Gasteiger partial charge in [-0.1, -0.05) is 18.5 Å². The monoisotopic (exact) mass is 279 g/mol. The molecule has 1 heterocycles. The summed E-state index contributed by atoms with van der Waals surface area (Å²) < 4.78 is 1.80. The summed E-state index contributed by atoms with van der Waals surface area (Å²) in [7, 11) is 0. The average molecular weight is 280 g/mol. The lowest BCUT2D eigenvalue weighted by Gasteiger charge is -2.18. The topological polar surface area (TPSA) is 59.3 Å². The van der Waals surface area contributed by atoms with Crippen molar-refractivity contribution in [3.05, 3.63) is 45.2 Å². The Morgan fingerprint density at radius 1 is 1.47 bits per heavy atom. The Labute approximate surface area is 115 Å². The summed E-state index contributed by atoms with van der Waals surface area (Å²) in [6, 6.07) is 4.94. The van der Waals surface area contributed by atoms with E-state index in [-0.39, 0.29) is 11.6 Å². The molecule has 1 atom stereocenters. The van der Waals surface area contributed by atoms with Gasteiger partial charge in [-0.25, -0.2) is 4.79 Å². The fourth-order valence-corrected chi connectivity index (χ4v) is 2.20. The largest absolute Gasteiger partial charge is 0.477 e. The van der Waals surface area contributed by atoms with E-state index in [1.54, 1.807) is 22.8 Å². The van der Waals surface area contributed by atoms with Crippen LogP contribution in [0.1, 0.15) is 36.7 Å². The van der Waals surface area contributed by atoms with Crippen molar-refractivity contribution in [2.45, 2.75) is 26.3 Å². The molecule has 4 nitrogen and oxygen atoms in total. The van der Waals surface area contributed by atoms with Crippen molar-refractivity contribution in [1.82, 2.24) is 4.57 Å². The van der Waals surface area contributed by atoms with E-state index in [1.165, 1.54) is 6.20 Å². The van der Waals surface area contributed by atoms with Gasteiger partial charge < -0.3 is 9.67 Å². The molecular weight excluding hydrogens is 266 g/mol. The van der Waals surface area contributed by atoms with E-state index in [9.17, 15) is 9.59 Å². The molecule has 1 aromatic heterocycles. The van der Waals surface area contributed by atoms with Gasteiger partial charge in [-0.2, -0.15) is 0 Å². The smallest absolute Gasteiger partial charge is 0.341 e. The lowest BCUT2D eigenvalue weighted by atomic mass is 10.1. The second kappa shape index (κ2) is 5.05. The zero-order valence-corrected chi connectivity index (χ0v) is 11.4. The lowest BCUT2D eigenvalue weighted by molar-refractivity contribution is 0.0694. The Bertz CT molecular complexity index is 706. The Kier molecular flexibility index (Phi) is 3.62.